The normalized spacial score (nSPS) is 11.4. The zero-order chi connectivity index (χ0) is 15.9. The first-order valence-electron chi connectivity index (χ1n) is 6.10. The molecule has 118 valence electrons. The van der Waals surface area contributed by atoms with Gasteiger partial charge in [-0.15, -0.1) is 6.58 Å². The molecule has 1 aromatic rings. The first kappa shape index (κ1) is 17.5. The van der Waals surface area contributed by atoms with Crippen LogP contribution in [0.1, 0.15) is 6.42 Å². The van der Waals surface area contributed by atoms with Crippen molar-refractivity contribution in [1.82, 2.24) is 9.78 Å². The Morgan fingerprint density at radius 3 is 2.81 bits per heavy atom. The van der Waals surface area contributed by atoms with Crippen LogP contribution in [0.5, 0.6) is 0 Å². The summed E-state index contributed by atoms with van der Waals surface area (Å²) in [5.41, 5.74) is -0.820. The molecule has 0 atom stereocenters. The molecule has 1 rings (SSSR count). The van der Waals surface area contributed by atoms with Gasteiger partial charge in [0.2, 0.25) is 0 Å². The highest BCUT2D eigenvalue weighted by atomic mass is 35.5. The van der Waals surface area contributed by atoms with Gasteiger partial charge in [-0.1, -0.05) is 17.7 Å². The van der Waals surface area contributed by atoms with Crippen LogP contribution < -0.4 is 10.9 Å². The van der Waals surface area contributed by atoms with E-state index in [1.165, 1.54) is 0 Å². The highest BCUT2D eigenvalue weighted by Gasteiger charge is 2.29. The molecular weight excluding hydrogens is 311 g/mol. The first-order valence-corrected chi connectivity index (χ1v) is 6.48. The molecule has 0 aliphatic heterocycles. The summed E-state index contributed by atoms with van der Waals surface area (Å²) in [6, 6.07) is 0. The molecule has 1 heterocycles. The number of halogens is 4. The number of hydrogen-bond donors (Lipinski definition) is 1. The van der Waals surface area contributed by atoms with Crippen molar-refractivity contribution in [2.45, 2.75) is 19.1 Å². The molecule has 1 aromatic heterocycles. The van der Waals surface area contributed by atoms with Crippen LogP contribution in [0.3, 0.4) is 0 Å². The zero-order valence-corrected chi connectivity index (χ0v) is 11.9. The predicted octanol–water partition coefficient (Wildman–Crippen LogP) is 2.46. The van der Waals surface area contributed by atoms with Crippen molar-refractivity contribution < 1.29 is 17.9 Å². The Bertz CT molecular complexity index is 531. The van der Waals surface area contributed by atoms with Crippen molar-refractivity contribution in [1.29, 1.82) is 0 Å². The Kier molecular flexibility index (Phi) is 6.70. The summed E-state index contributed by atoms with van der Waals surface area (Å²) in [7, 11) is 0. The smallest absolute Gasteiger partial charge is 0.380 e. The van der Waals surface area contributed by atoms with E-state index in [0.717, 1.165) is 12.6 Å². The number of rotatable bonds is 8. The average Bonchev–Trinajstić information content (AvgIpc) is 2.40. The SMILES string of the molecule is C=CCCOCCNc1cnn(CC(F)(F)F)c(=O)c1Cl. The Balaban J connectivity index is 2.59. The molecule has 5 nitrogen and oxygen atoms in total. The van der Waals surface area contributed by atoms with E-state index in [9.17, 15) is 18.0 Å². The Hall–Kier alpha value is -1.54. The molecular formula is C12H15ClF3N3O2. The molecule has 0 bridgehead atoms. The fourth-order valence-electron chi connectivity index (χ4n) is 1.40. The first-order chi connectivity index (χ1) is 9.85. The van der Waals surface area contributed by atoms with Gasteiger partial charge in [0.1, 0.15) is 11.6 Å². The summed E-state index contributed by atoms with van der Waals surface area (Å²) in [5.74, 6) is 0. The highest BCUT2D eigenvalue weighted by molar-refractivity contribution is 6.32. The Morgan fingerprint density at radius 2 is 2.19 bits per heavy atom. The fourth-order valence-corrected chi connectivity index (χ4v) is 1.61. The molecule has 0 spiro atoms. The van der Waals surface area contributed by atoms with Gasteiger partial charge < -0.3 is 10.1 Å². The van der Waals surface area contributed by atoms with Crippen molar-refractivity contribution in [3.05, 3.63) is 34.2 Å². The van der Waals surface area contributed by atoms with Gasteiger partial charge in [-0.05, 0) is 6.42 Å². The monoisotopic (exact) mass is 325 g/mol. The van der Waals surface area contributed by atoms with Gasteiger partial charge in [0.25, 0.3) is 5.56 Å². The average molecular weight is 326 g/mol. The molecule has 0 aliphatic rings. The van der Waals surface area contributed by atoms with E-state index in [4.69, 9.17) is 16.3 Å². The largest absolute Gasteiger partial charge is 0.408 e. The topological polar surface area (TPSA) is 56.1 Å². The van der Waals surface area contributed by atoms with Crippen LogP contribution in [0, 0.1) is 0 Å². The summed E-state index contributed by atoms with van der Waals surface area (Å²) < 4.78 is 42.2. The van der Waals surface area contributed by atoms with E-state index in [1.807, 2.05) is 0 Å². The quantitative estimate of drug-likeness (QED) is 0.589. The van der Waals surface area contributed by atoms with Gasteiger partial charge in [-0.3, -0.25) is 4.79 Å². The number of aromatic nitrogens is 2. The van der Waals surface area contributed by atoms with E-state index >= 15 is 0 Å². The molecule has 9 heteroatoms. The van der Waals surface area contributed by atoms with Crippen molar-refractivity contribution in [3.8, 4) is 0 Å². The zero-order valence-electron chi connectivity index (χ0n) is 11.1. The lowest BCUT2D eigenvalue weighted by Gasteiger charge is -2.11. The van der Waals surface area contributed by atoms with E-state index in [2.05, 4.69) is 17.0 Å². The molecule has 0 aliphatic carbocycles. The van der Waals surface area contributed by atoms with Gasteiger partial charge >= 0.3 is 6.18 Å². The summed E-state index contributed by atoms with van der Waals surface area (Å²) in [6.07, 6.45) is -1.02. The third-order valence-electron chi connectivity index (χ3n) is 2.34. The minimum absolute atomic E-state index is 0.174. The number of hydrogen-bond acceptors (Lipinski definition) is 4. The van der Waals surface area contributed by atoms with Crippen LogP contribution in [-0.4, -0.2) is 35.7 Å². The molecule has 1 N–H and O–H groups in total. The van der Waals surface area contributed by atoms with Crippen molar-refractivity contribution >= 4 is 17.3 Å². The second-order valence-electron chi connectivity index (χ2n) is 4.07. The molecule has 0 fully saturated rings. The maximum absolute atomic E-state index is 12.2. The molecule has 0 radical (unpaired) electrons. The predicted molar refractivity (Wildman–Crippen MR) is 73.7 cm³/mol. The van der Waals surface area contributed by atoms with Crippen molar-refractivity contribution in [2.24, 2.45) is 0 Å². The van der Waals surface area contributed by atoms with E-state index in [-0.39, 0.29) is 15.4 Å². The van der Waals surface area contributed by atoms with Crippen LogP contribution >= 0.6 is 11.6 Å². The fraction of sp³-hybridized carbons (Fsp3) is 0.500. The molecule has 21 heavy (non-hydrogen) atoms. The summed E-state index contributed by atoms with van der Waals surface area (Å²) in [5, 5.41) is 5.88. The van der Waals surface area contributed by atoms with Gasteiger partial charge in [0.05, 0.1) is 25.1 Å². The van der Waals surface area contributed by atoms with Crippen molar-refractivity contribution in [2.75, 3.05) is 25.1 Å². The van der Waals surface area contributed by atoms with Crippen LogP contribution in [0.2, 0.25) is 5.02 Å². The van der Waals surface area contributed by atoms with Crippen LogP contribution in [0.15, 0.2) is 23.6 Å². The summed E-state index contributed by atoms with van der Waals surface area (Å²) in [4.78, 5) is 11.6. The summed E-state index contributed by atoms with van der Waals surface area (Å²) in [6.45, 7) is 3.29. The summed E-state index contributed by atoms with van der Waals surface area (Å²) >= 11 is 5.73. The second-order valence-corrected chi connectivity index (χ2v) is 4.44. The third kappa shape index (κ3) is 6.17. The molecule has 0 unspecified atom stereocenters. The van der Waals surface area contributed by atoms with Crippen LogP contribution in [-0.2, 0) is 11.3 Å². The number of ether oxygens (including phenoxy) is 1. The van der Waals surface area contributed by atoms with E-state index in [0.29, 0.717) is 19.8 Å². The van der Waals surface area contributed by atoms with Crippen molar-refractivity contribution in [3.63, 3.8) is 0 Å². The minimum Gasteiger partial charge on any atom is -0.380 e. The lowest BCUT2D eigenvalue weighted by molar-refractivity contribution is -0.143. The van der Waals surface area contributed by atoms with Gasteiger partial charge in [-0.2, -0.15) is 18.3 Å². The second kappa shape index (κ2) is 8.04. The third-order valence-corrected chi connectivity index (χ3v) is 2.71. The lowest BCUT2D eigenvalue weighted by atomic mass is 10.4. The van der Waals surface area contributed by atoms with E-state index in [1.54, 1.807) is 6.08 Å². The molecule has 0 saturated carbocycles. The van der Waals surface area contributed by atoms with Gasteiger partial charge in [0.15, 0.2) is 0 Å². The standard InChI is InChI=1S/C12H15ClF3N3O2/c1-2-3-5-21-6-4-17-9-7-18-19(8-12(14,15)16)11(20)10(9)13/h2,7,17H,1,3-6,8H2. The van der Waals surface area contributed by atoms with Gasteiger partial charge in [0, 0.05) is 6.54 Å². The lowest BCUT2D eigenvalue weighted by Crippen LogP contribution is -2.31. The minimum atomic E-state index is -4.53. The Labute approximate surface area is 124 Å². The maximum Gasteiger partial charge on any atom is 0.408 e. The highest BCUT2D eigenvalue weighted by Crippen LogP contribution is 2.18. The molecule has 0 amide bonds. The number of nitrogens with one attached hydrogen (secondary N) is 1. The van der Waals surface area contributed by atoms with Gasteiger partial charge in [-0.25, -0.2) is 4.68 Å². The molecule has 0 aromatic carbocycles. The number of alkyl halides is 3. The van der Waals surface area contributed by atoms with E-state index < -0.39 is 18.3 Å². The Morgan fingerprint density at radius 1 is 1.48 bits per heavy atom. The number of nitrogens with zero attached hydrogens (tertiary/aromatic N) is 2. The molecule has 0 saturated heterocycles. The van der Waals surface area contributed by atoms with Crippen LogP contribution in [0.4, 0.5) is 18.9 Å². The van der Waals surface area contributed by atoms with Crippen LogP contribution in [0.25, 0.3) is 0 Å². The number of anilines is 1. The maximum atomic E-state index is 12.2.